The van der Waals surface area contributed by atoms with Crippen molar-refractivity contribution in [3.63, 3.8) is 0 Å². The van der Waals surface area contributed by atoms with Crippen LogP contribution in [0.5, 0.6) is 0 Å². The highest BCUT2D eigenvalue weighted by molar-refractivity contribution is 5.68. The smallest absolute Gasteiger partial charge is 0.410 e. The largest absolute Gasteiger partial charge is 0.444 e. The lowest BCUT2D eigenvalue weighted by Gasteiger charge is -2.41. The van der Waals surface area contributed by atoms with Crippen LogP contribution in [0.3, 0.4) is 0 Å². The summed E-state index contributed by atoms with van der Waals surface area (Å²) in [6, 6.07) is -0.0229. The van der Waals surface area contributed by atoms with E-state index >= 15 is 0 Å². The second-order valence-corrected chi connectivity index (χ2v) is 6.71. The fourth-order valence-electron chi connectivity index (χ4n) is 2.73. The van der Waals surface area contributed by atoms with Gasteiger partial charge >= 0.3 is 6.09 Å². The van der Waals surface area contributed by atoms with E-state index in [0.29, 0.717) is 6.54 Å². The number of rotatable bonds is 7. The molecule has 0 unspecified atom stereocenters. The van der Waals surface area contributed by atoms with Crippen LogP contribution < -0.4 is 0 Å². The minimum absolute atomic E-state index is 0.0229. The van der Waals surface area contributed by atoms with Crippen molar-refractivity contribution in [1.82, 2.24) is 4.90 Å². The number of piperidine rings is 1. The number of carbonyl (C=O) groups excluding carboxylic acids is 1. The third-order valence-corrected chi connectivity index (χ3v) is 3.65. The first-order chi connectivity index (χ1) is 10.4. The first-order valence-electron chi connectivity index (χ1n) is 8.10. The molecule has 1 aliphatic rings. The summed E-state index contributed by atoms with van der Waals surface area (Å²) >= 11 is 0. The first kappa shape index (κ1) is 19.2. The van der Waals surface area contributed by atoms with Crippen LogP contribution in [0, 0.1) is 0 Å². The molecule has 0 aromatic carbocycles. The van der Waals surface area contributed by atoms with E-state index in [0.717, 1.165) is 32.1 Å². The van der Waals surface area contributed by atoms with Crippen molar-refractivity contribution < 1.29 is 24.1 Å². The molecule has 0 aromatic heterocycles. The summed E-state index contributed by atoms with van der Waals surface area (Å²) in [6.07, 6.45) is 3.86. The molecule has 0 spiro atoms. The number of methoxy groups -OCH3 is 1. The van der Waals surface area contributed by atoms with Crippen LogP contribution in [0.15, 0.2) is 0 Å². The van der Waals surface area contributed by atoms with Gasteiger partial charge in [-0.25, -0.2) is 4.79 Å². The van der Waals surface area contributed by atoms with E-state index in [2.05, 4.69) is 0 Å². The van der Waals surface area contributed by atoms with Gasteiger partial charge in [0.2, 0.25) is 0 Å². The van der Waals surface area contributed by atoms with Gasteiger partial charge in [-0.15, -0.1) is 0 Å². The molecule has 0 bridgehead atoms. The van der Waals surface area contributed by atoms with Gasteiger partial charge in [-0.3, -0.25) is 0 Å². The van der Waals surface area contributed by atoms with Gasteiger partial charge in [0.25, 0.3) is 0 Å². The molecule has 1 aliphatic heterocycles. The number of carbonyl (C=O) groups is 1. The highest BCUT2D eigenvalue weighted by Crippen LogP contribution is 2.26. The van der Waals surface area contributed by atoms with Gasteiger partial charge in [-0.05, 0) is 52.9 Å². The lowest BCUT2D eigenvalue weighted by molar-refractivity contribution is -0.115. The highest BCUT2D eigenvalue weighted by atomic mass is 16.7. The minimum Gasteiger partial charge on any atom is -0.444 e. The van der Waals surface area contributed by atoms with Crippen molar-refractivity contribution in [1.29, 1.82) is 0 Å². The normalized spacial score (nSPS) is 22.7. The van der Waals surface area contributed by atoms with Crippen molar-refractivity contribution in [2.45, 2.75) is 70.6 Å². The number of aliphatic hydroxyl groups excluding tert-OH is 1. The van der Waals surface area contributed by atoms with Crippen LogP contribution in [0.25, 0.3) is 0 Å². The summed E-state index contributed by atoms with van der Waals surface area (Å²) in [7, 11) is 1.59. The summed E-state index contributed by atoms with van der Waals surface area (Å²) in [5.41, 5.74) is -0.507. The van der Waals surface area contributed by atoms with Crippen LogP contribution in [-0.4, -0.2) is 60.9 Å². The first-order valence-corrected chi connectivity index (χ1v) is 8.10. The molecule has 0 aromatic rings. The standard InChI is InChI=1S/C16H31NO5/c1-16(2,3)22-15(19)17-10-7-9-14(21-12-20-4)13(17)8-5-6-11-18/h13-14,18H,5-12H2,1-4H3/t13-,14+/m1/s1. The van der Waals surface area contributed by atoms with Gasteiger partial charge in [0.1, 0.15) is 12.4 Å². The molecule has 1 rings (SSSR count). The summed E-state index contributed by atoms with van der Waals surface area (Å²) in [4.78, 5) is 14.2. The van der Waals surface area contributed by atoms with Crippen LogP contribution >= 0.6 is 0 Å². The zero-order valence-electron chi connectivity index (χ0n) is 14.3. The third kappa shape index (κ3) is 6.50. The van der Waals surface area contributed by atoms with Crippen LogP contribution in [0.2, 0.25) is 0 Å². The summed E-state index contributed by atoms with van der Waals surface area (Å²) in [6.45, 7) is 6.69. The number of unbranched alkanes of at least 4 members (excludes halogenated alkanes) is 1. The topological polar surface area (TPSA) is 68.2 Å². The molecule has 2 atom stereocenters. The Morgan fingerprint density at radius 1 is 1.32 bits per heavy atom. The van der Waals surface area contributed by atoms with E-state index in [-0.39, 0.29) is 31.6 Å². The number of nitrogens with zero attached hydrogens (tertiary/aromatic N) is 1. The van der Waals surface area contributed by atoms with E-state index in [4.69, 9.17) is 19.3 Å². The van der Waals surface area contributed by atoms with Gasteiger partial charge in [0.05, 0.1) is 12.1 Å². The molecule has 0 radical (unpaired) electrons. The summed E-state index contributed by atoms with van der Waals surface area (Å²) in [5, 5.41) is 8.97. The maximum absolute atomic E-state index is 12.4. The lowest BCUT2D eigenvalue weighted by Crippen LogP contribution is -2.53. The van der Waals surface area contributed by atoms with Crippen molar-refractivity contribution in [2.24, 2.45) is 0 Å². The fraction of sp³-hybridized carbons (Fsp3) is 0.938. The predicted octanol–water partition coefficient (Wildman–Crippen LogP) is 2.54. The summed E-state index contributed by atoms with van der Waals surface area (Å²) < 4.78 is 16.3. The van der Waals surface area contributed by atoms with Gasteiger partial charge in [-0.2, -0.15) is 0 Å². The molecule has 0 aliphatic carbocycles. The molecule has 6 nitrogen and oxygen atoms in total. The second kappa shape index (κ2) is 9.33. The van der Waals surface area contributed by atoms with E-state index in [1.165, 1.54) is 0 Å². The van der Waals surface area contributed by atoms with E-state index in [9.17, 15) is 4.79 Å². The van der Waals surface area contributed by atoms with E-state index in [1.807, 2.05) is 20.8 Å². The van der Waals surface area contributed by atoms with Crippen molar-refractivity contribution in [3.05, 3.63) is 0 Å². The predicted molar refractivity (Wildman–Crippen MR) is 83.6 cm³/mol. The Labute approximate surface area is 133 Å². The number of amides is 1. The molecule has 130 valence electrons. The Bertz CT molecular complexity index is 329. The Hall–Kier alpha value is -0.850. The highest BCUT2D eigenvalue weighted by Gasteiger charge is 2.36. The molecule has 22 heavy (non-hydrogen) atoms. The molecule has 1 saturated heterocycles. The molecule has 6 heteroatoms. The number of aliphatic hydroxyl groups is 1. The van der Waals surface area contributed by atoms with Gasteiger partial charge < -0.3 is 24.2 Å². The third-order valence-electron chi connectivity index (χ3n) is 3.65. The number of likely N-dealkylation sites (tertiary alicyclic amines) is 1. The number of hydrogen-bond acceptors (Lipinski definition) is 5. The van der Waals surface area contributed by atoms with Crippen molar-refractivity contribution in [2.75, 3.05) is 27.1 Å². The Kier molecular flexibility index (Phi) is 8.14. The Morgan fingerprint density at radius 3 is 2.64 bits per heavy atom. The van der Waals surface area contributed by atoms with Gasteiger partial charge in [0.15, 0.2) is 0 Å². The lowest BCUT2D eigenvalue weighted by atomic mass is 9.94. The van der Waals surface area contributed by atoms with Crippen molar-refractivity contribution >= 4 is 6.09 Å². The molecule has 0 saturated carbocycles. The average molecular weight is 317 g/mol. The van der Waals surface area contributed by atoms with E-state index < -0.39 is 5.60 Å². The van der Waals surface area contributed by atoms with Crippen molar-refractivity contribution in [3.8, 4) is 0 Å². The van der Waals surface area contributed by atoms with Crippen LogP contribution in [0.1, 0.15) is 52.9 Å². The minimum atomic E-state index is -0.507. The molecule has 1 amide bonds. The van der Waals surface area contributed by atoms with Crippen LogP contribution in [0.4, 0.5) is 4.79 Å². The fourth-order valence-corrected chi connectivity index (χ4v) is 2.73. The maximum atomic E-state index is 12.4. The van der Waals surface area contributed by atoms with Gasteiger partial charge in [-0.1, -0.05) is 0 Å². The number of ether oxygens (including phenoxy) is 3. The molecule has 1 fully saturated rings. The molecular formula is C16H31NO5. The quantitative estimate of drug-likeness (QED) is 0.577. The summed E-state index contributed by atoms with van der Waals surface area (Å²) in [5.74, 6) is 0. The maximum Gasteiger partial charge on any atom is 0.410 e. The van der Waals surface area contributed by atoms with E-state index in [1.54, 1.807) is 12.0 Å². The second-order valence-electron chi connectivity index (χ2n) is 6.71. The molecular weight excluding hydrogens is 286 g/mol. The Balaban J connectivity index is 2.73. The average Bonchev–Trinajstić information content (AvgIpc) is 2.44. The van der Waals surface area contributed by atoms with Crippen LogP contribution in [-0.2, 0) is 14.2 Å². The SMILES string of the molecule is COCO[C@H]1CCCN(C(=O)OC(C)(C)C)[C@@H]1CCCCO. The molecule has 1 N–H and O–H groups in total. The molecule has 1 heterocycles. The monoisotopic (exact) mass is 317 g/mol. The Morgan fingerprint density at radius 2 is 2.05 bits per heavy atom. The van der Waals surface area contributed by atoms with Gasteiger partial charge in [0, 0.05) is 20.3 Å². The zero-order chi connectivity index (χ0) is 16.6. The number of hydrogen-bond donors (Lipinski definition) is 1. The zero-order valence-corrected chi connectivity index (χ0v) is 14.3.